The predicted octanol–water partition coefficient (Wildman–Crippen LogP) is 5.24. The molecule has 0 aliphatic rings. The van der Waals surface area contributed by atoms with Gasteiger partial charge in [0.15, 0.2) is 0 Å². The molecule has 0 saturated heterocycles. The van der Waals surface area contributed by atoms with Crippen molar-refractivity contribution in [2.24, 2.45) is 0 Å². The highest BCUT2D eigenvalue weighted by Gasteiger charge is 2.31. The minimum absolute atomic E-state index is 0.0223. The van der Waals surface area contributed by atoms with Gasteiger partial charge in [0.2, 0.25) is 0 Å². The van der Waals surface area contributed by atoms with E-state index in [0.29, 0.717) is 0 Å². The highest BCUT2D eigenvalue weighted by Crippen LogP contribution is 2.33. The first-order valence-corrected chi connectivity index (χ1v) is 17.5. The van der Waals surface area contributed by atoms with Crippen molar-refractivity contribution in [1.29, 1.82) is 0 Å². The Labute approximate surface area is 278 Å². The number of nitrogens with zero attached hydrogens (tertiary/aromatic N) is 4. The van der Waals surface area contributed by atoms with Gasteiger partial charge in [0, 0.05) is 12.1 Å². The molecule has 0 amide bonds. The summed E-state index contributed by atoms with van der Waals surface area (Å²) in [5, 5.41) is 23.4. The molecular weight excluding hydrogens is 665 g/mol. The molecule has 0 spiro atoms. The SMILES string of the molecule is Cc1ccc(S(=O)(=O)N(CCOCCOCCN(c2ccccc2[N+](=O)[O-])S(=O)(=O)c2ccc(C)cc2)c2ccccc2[N+](=O)[O-])cc1. The number of sulfonamides is 2. The number of anilines is 2. The summed E-state index contributed by atoms with van der Waals surface area (Å²) in [7, 11) is -8.41. The van der Waals surface area contributed by atoms with Crippen molar-refractivity contribution in [3.05, 3.63) is 128 Å². The first-order chi connectivity index (χ1) is 22.8. The Morgan fingerprint density at radius 1 is 0.542 bits per heavy atom. The minimum atomic E-state index is -4.21. The molecule has 0 fully saturated rings. The molecule has 0 aromatic heterocycles. The van der Waals surface area contributed by atoms with Crippen molar-refractivity contribution < 1.29 is 36.2 Å². The normalized spacial score (nSPS) is 11.6. The highest BCUT2D eigenvalue weighted by molar-refractivity contribution is 7.93. The van der Waals surface area contributed by atoms with E-state index in [1.165, 1.54) is 72.8 Å². The fourth-order valence-electron chi connectivity index (χ4n) is 4.69. The van der Waals surface area contributed by atoms with Gasteiger partial charge in [-0.3, -0.25) is 28.8 Å². The van der Waals surface area contributed by atoms with E-state index in [1.807, 2.05) is 0 Å². The molecule has 4 aromatic carbocycles. The Morgan fingerprint density at radius 2 is 0.875 bits per heavy atom. The van der Waals surface area contributed by atoms with Crippen LogP contribution in [0.3, 0.4) is 0 Å². The predicted molar refractivity (Wildman–Crippen MR) is 179 cm³/mol. The van der Waals surface area contributed by atoms with Crippen LogP contribution < -0.4 is 8.61 Å². The summed E-state index contributed by atoms with van der Waals surface area (Å²) in [4.78, 5) is 22.0. The number of nitro groups is 2. The van der Waals surface area contributed by atoms with E-state index in [2.05, 4.69) is 0 Å². The van der Waals surface area contributed by atoms with Crippen LogP contribution in [0.4, 0.5) is 22.7 Å². The average molecular weight is 699 g/mol. The molecule has 48 heavy (non-hydrogen) atoms. The van der Waals surface area contributed by atoms with Gasteiger partial charge in [-0.1, -0.05) is 59.7 Å². The fourth-order valence-corrected chi connectivity index (χ4v) is 7.62. The topological polar surface area (TPSA) is 179 Å². The van der Waals surface area contributed by atoms with Crippen molar-refractivity contribution in [2.45, 2.75) is 23.6 Å². The van der Waals surface area contributed by atoms with Gasteiger partial charge in [0.25, 0.3) is 31.4 Å². The fraction of sp³-hybridized carbons (Fsp3) is 0.250. The van der Waals surface area contributed by atoms with Gasteiger partial charge in [0.05, 0.1) is 59.2 Å². The molecule has 0 aliphatic carbocycles. The van der Waals surface area contributed by atoms with Gasteiger partial charge in [-0.15, -0.1) is 0 Å². The van der Waals surface area contributed by atoms with Crippen LogP contribution in [-0.4, -0.2) is 66.2 Å². The molecule has 0 unspecified atom stereocenters. The lowest BCUT2D eigenvalue weighted by Gasteiger charge is -2.25. The first-order valence-electron chi connectivity index (χ1n) is 14.6. The summed E-state index contributed by atoms with van der Waals surface area (Å²) in [5.41, 5.74) is 0.668. The summed E-state index contributed by atoms with van der Waals surface area (Å²) in [5.74, 6) is 0. The Morgan fingerprint density at radius 3 is 1.21 bits per heavy atom. The van der Waals surface area contributed by atoms with Crippen molar-refractivity contribution in [2.75, 3.05) is 48.1 Å². The van der Waals surface area contributed by atoms with Gasteiger partial charge in [-0.05, 0) is 50.2 Å². The van der Waals surface area contributed by atoms with Crippen LogP contribution in [0.1, 0.15) is 11.1 Å². The standard InChI is InChI=1S/C32H34N4O10S2/c1-25-11-15-27(16-12-25)47(41,42)33(29-7-3-5-9-31(29)35(37)38)19-21-45-23-24-46-22-20-34(30-8-4-6-10-32(30)36(39)40)48(43,44)28-17-13-26(2)14-18-28/h3-18H,19-24H2,1-2H3. The Balaban J connectivity index is 1.41. The number of para-hydroxylation sites is 4. The van der Waals surface area contributed by atoms with E-state index in [0.717, 1.165) is 19.7 Å². The van der Waals surface area contributed by atoms with E-state index in [4.69, 9.17) is 9.47 Å². The Hall–Kier alpha value is -4.90. The van der Waals surface area contributed by atoms with Crippen LogP contribution in [0.2, 0.25) is 0 Å². The lowest BCUT2D eigenvalue weighted by molar-refractivity contribution is -0.384. The maximum Gasteiger partial charge on any atom is 0.293 e. The average Bonchev–Trinajstić information content (AvgIpc) is 3.06. The van der Waals surface area contributed by atoms with Crippen LogP contribution in [0.15, 0.2) is 107 Å². The maximum atomic E-state index is 13.6. The molecule has 14 nitrogen and oxygen atoms in total. The summed E-state index contributed by atoms with van der Waals surface area (Å²) < 4.78 is 67.5. The number of ether oxygens (including phenoxy) is 2. The first kappa shape index (κ1) is 35.9. The van der Waals surface area contributed by atoms with Gasteiger partial charge < -0.3 is 9.47 Å². The van der Waals surface area contributed by atoms with E-state index < -0.39 is 29.9 Å². The van der Waals surface area contributed by atoms with Crippen molar-refractivity contribution in [1.82, 2.24) is 0 Å². The molecule has 16 heteroatoms. The van der Waals surface area contributed by atoms with Crippen LogP contribution in [0, 0.1) is 34.1 Å². The van der Waals surface area contributed by atoms with Crippen LogP contribution in [0.25, 0.3) is 0 Å². The zero-order valence-electron chi connectivity index (χ0n) is 26.2. The smallest absolute Gasteiger partial charge is 0.293 e. The van der Waals surface area contributed by atoms with Crippen molar-refractivity contribution in [3.8, 4) is 0 Å². The Kier molecular flexibility index (Phi) is 11.8. The van der Waals surface area contributed by atoms with Crippen molar-refractivity contribution >= 4 is 42.8 Å². The Bertz CT molecular complexity index is 1810. The number of hydrogen-bond acceptors (Lipinski definition) is 10. The lowest BCUT2D eigenvalue weighted by Crippen LogP contribution is -2.35. The third-order valence-corrected chi connectivity index (χ3v) is 10.8. The van der Waals surface area contributed by atoms with E-state index in [-0.39, 0.29) is 72.1 Å². The van der Waals surface area contributed by atoms with E-state index in [9.17, 15) is 37.1 Å². The second-order valence-corrected chi connectivity index (χ2v) is 14.2. The number of rotatable bonds is 17. The molecule has 4 rings (SSSR count). The second kappa shape index (κ2) is 15.8. The molecule has 0 aliphatic heterocycles. The van der Waals surface area contributed by atoms with Gasteiger partial charge in [0.1, 0.15) is 11.4 Å². The number of benzene rings is 4. The number of hydrogen-bond donors (Lipinski definition) is 0. The molecule has 4 aromatic rings. The number of nitro benzene ring substituents is 2. The van der Waals surface area contributed by atoms with Gasteiger partial charge >= 0.3 is 0 Å². The quantitative estimate of drug-likeness (QED) is 0.0804. The molecule has 0 heterocycles. The molecule has 0 radical (unpaired) electrons. The zero-order chi connectivity index (χ0) is 34.9. The third-order valence-electron chi connectivity index (χ3n) is 7.16. The van der Waals surface area contributed by atoms with Gasteiger partial charge in [-0.25, -0.2) is 16.8 Å². The molecular formula is C32H34N4O10S2. The minimum Gasteiger partial charge on any atom is -0.377 e. The van der Waals surface area contributed by atoms with Crippen LogP contribution >= 0.6 is 0 Å². The zero-order valence-corrected chi connectivity index (χ0v) is 27.8. The largest absolute Gasteiger partial charge is 0.377 e. The number of aryl methyl sites for hydroxylation is 2. The molecule has 0 atom stereocenters. The summed E-state index contributed by atoms with van der Waals surface area (Å²) in [6.45, 7) is 2.77. The molecule has 0 bridgehead atoms. The van der Waals surface area contributed by atoms with E-state index >= 15 is 0 Å². The summed E-state index contributed by atoms with van der Waals surface area (Å²) >= 11 is 0. The highest BCUT2D eigenvalue weighted by atomic mass is 32.2. The van der Waals surface area contributed by atoms with Crippen molar-refractivity contribution in [3.63, 3.8) is 0 Å². The molecule has 0 N–H and O–H groups in total. The van der Waals surface area contributed by atoms with E-state index in [1.54, 1.807) is 38.1 Å². The van der Waals surface area contributed by atoms with Crippen LogP contribution in [-0.2, 0) is 29.5 Å². The third kappa shape index (κ3) is 8.51. The maximum absolute atomic E-state index is 13.6. The van der Waals surface area contributed by atoms with Crippen LogP contribution in [0.5, 0.6) is 0 Å². The monoisotopic (exact) mass is 698 g/mol. The summed E-state index contributed by atoms with van der Waals surface area (Å²) in [6.07, 6.45) is 0. The molecule has 0 saturated carbocycles. The second-order valence-electron chi connectivity index (χ2n) is 10.5. The van der Waals surface area contributed by atoms with Gasteiger partial charge in [-0.2, -0.15) is 0 Å². The lowest BCUT2D eigenvalue weighted by atomic mass is 10.2. The molecule has 254 valence electrons. The summed E-state index contributed by atoms with van der Waals surface area (Å²) in [6, 6.07) is 23.2.